The number of thioether (sulfide) groups is 1. The first-order valence-electron chi connectivity index (χ1n) is 8.98. The molecule has 0 aliphatic carbocycles. The van der Waals surface area contributed by atoms with Crippen LogP contribution in [0.5, 0.6) is 0 Å². The van der Waals surface area contributed by atoms with Gasteiger partial charge in [-0.1, -0.05) is 60.3 Å². The second-order valence-electron chi connectivity index (χ2n) is 6.60. The van der Waals surface area contributed by atoms with Crippen LogP contribution >= 0.6 is 11.8 Å². The van der Waals surface area contributed by atoms with Crippen LogP contribution in [0.2, 0.25) is 0 Å². The third kappa shape index (κ3) is 4.98. The van der Waals surface area contributed by atoms with Crippen LogP contribution < -0.4 is 5.32 Å². The zero-order valence-electron chi connectivity index (χ0n) is 15.5. The molecule has 1 saturated heterocycles. The molecule has 0 spiro atoms. The Labute approximate surface area is 163 Å². The number of nitrogens with one attached hydrogen (secondary N) is 1. The lowest BCUT2D eigenvalue weighted by Gasteiger charge is -2.20. The SMILES string of the molecule is CC(C)N1C(=O)C(CC(=O)NCc2ccccc2)SC1=Nc1ccccc1. The van der Waals surface area contributed by atoms with Gasteiger partial charge in [-0.2, -0.15) is 0 Å². The van der Waals surface area contributed by atoms with Gasteiger partial charge in [-0.15, -0.1) is 0 Å². The molecule has 1 N–H and O–H groups in total. The number of hydrogen-bond acceptors (Lipinski definition) is 4. The summed E-state index contributed by atoms with van der Waals surface area (Å²) >= 11 is 1.37. The number of para-hydroxylation sites is 1. The Morgan fingerprint density at radius 1 is 1.11 bits per heavy atom. The molecule has 2 amide bonds. The van der Waals surface area contributed by atoms with Crippen molar-refractivity contribution < 1.29 is 9.59 Å². The van der Waals surface area contributed by atoms with Crippen LogP contribution in [-0.2, 0) is 16.1 Å². The number of amides is 2. The average Bonchev–Trinajstić information content (AvgIpc) is 2.97. The lowest BCUT2D eigenvalue weighted by molar-refractivity contribution is -0.130. The molecule has 0 saturated carbocycles. The largest absolute Gasteiger partial charge is 0.352 e. The number of benzene rings is 2. The standard InChI is InChI=1S/C21H23N3O2S/c1-15(2)24-20(26)18(27-21(24)23-17-11-7-4-8-12-17)13-19(25)22-14-16-9-5-3-6-10-16/h3-12,15,18H,13-14H2,1-2H3,(H,22,25). The van der Waals surface area contributed by atoms with Gasteiger partial charge < -0.3 is 5.32 Å². The molecule has 1 unspecified atom stereocenters. The molecule has 0 aromatic heterocycles. The van der Waals surface area contributed by atoms with E-state index >= 15 is 0 Å². The summed E-state index contributed by atoms with van der Waals surface area (Å²) in [6, 6.07) is 19.3. The molecular weight excluding hydrogens is 358 g/mol. The van der Waals surface area contributed by atoms with Gasteiger partial charge in [0.05, 0.1) is 5.69 Å². The summed E-state index contributed by atoms with van der Waals surface area (Å²) in [6.07, 6.45) is 0.146. The molecular formula is C21H23N3O2S. The van der Waals surface area contributed by atoms with E-state index in [0.717, 1.165) is 11.3 Å². The van der Waals surface area contributed by atoms with E-state index in [0.29, 0.717) is 11.7 Å². The minimum absolute atomic E-state index is 0.00941. The van der Waals surface area contributed by atoms with Gasteiger partial charge in [0, 0.05) is 19.0 Å². The van der Waals surface area contributed by atoms with Crippen LogP contribution in [0.25, 0.3) is 0 Å². The maximum Gasteiger partial charge on any atom is 0.242 e. The highest BCUT2D eigenvalue weighted by molar-refractivity contribution is 8.15. The van der Waals surface area contributed by atoms with Crippen molar-refractivity contribution in [3.8, 4) is 0 Å². The molecule has 1 fully saturated rings. The number of rotatable bonds is 6. The van der Waals surface area contributed by atoms with Gasteiger partial charge in [0.1, 0.15) is 5.25 Å². The van der Waals surface area contributed by atoms with Crippen molar-refractivity contribution in [3.05, 3.63) is 66.2 Å². The Balaban J connectivity index is 1.66. The van der Waals surface area contributed by atoms with Gasteiger partial charge in [-0.3, -0.25) is 14.5 Å². The predicted octanol–water partition coefficient (Wildman–Crippen LogP) is 3.73. The van der Waals surface area contributed by atoms with Crippen LogP contribution in [-0.4, -0.2) is 33.2 Å². The fourth-order valence-corrected chi connectivity index (χ4v) is 4.09. The van der Waals surface area contributed by atoms with E-state index < -0.39 is 5.25 Å². The van der Waals surface area contributed by atoms with Crippen LogP contribution in [0, 0.1) is 0 Å². The minimum Gasteiger partial charge on any atom is -0.352 e. The average molecular weight is 382 g/mol. The molecule has 1 aliphatic heterocycles. The molecule has 2 aromatic carbocycles. The van der Waals surface area contributed by atoms with Crippen LogP contribution in [0.4, 0.5) is 5.69 Å². The number of aliphatic imine (C=N–C) groups is 1. The lowest BCUT2D eigenvalue weighted by atomic mass is 10.2. The van der Waals surface area contributed by atoms with Crippen LogP contribution in [0.15, 0.2) is 65.7 Å². The summed E-state index contributed by atoms with van der Waals surface area (Å²) in [5, 5.41) is 3.11. The predicted molar refractivity (Wildman–Crippen MR) is 110 cm³/mol. The topological polar surface area (TPSA) is 61.8 Å². The number of hydrogen-bond donors (Lipinski definition) is 1. The summed E-state index contributed by atoms with van der Waals surface area (Å²) in [7, 11) is 0. The van der Waals surface area contributed by atoms with Crippen molar-refractivity contribution in [1.29, 1.82) is 0 Å². The highest BCUT2D eigenvalue weighted by Crippen LogP contribution is 2.32. The Morgan fingerprint density at radius 2 is 1.74 bits per heavy atom. The van der Waals surface area contributed by atoms with Gasteiger partial charge >= 0.3 is 0 Å². The van der Waals surface area contributed by atoms with Crippen molar-refractivity contribution in [2.45, 2.75) is 38.1 Å². The third-order valence-electron chi connectivity index (χ3n) is 4.17. The van der Waals surface area contributed by atoms with Crippen LogP contribution in [0.1, 0.15) is 25.8 Å². The van der Waals surface area contributed by atoms with Gasteiger partial charge in [0.15, 0.2) is 5.17 Å². The molecule has 1 aliphatic rings. The monoisotopic (exact) mass is 381 g/mol. The van der Waals surface area contributed by atoms with E-state index in [1.54, 1.807) is 4.90 Å². The Kier molecular flexibility index (Phi) is 6.29. The highest BCUT2D eigenvalue weighted by Gasteiger charge is 2.40. The summed E-state index contributed by atoms with van der Waals surface area (Å²) in [5.74, 6) is -0.186. The van der Waals surface area contributed by atoms with Gasteiger partial charge in [0.25, 0.3) is 0 Å². The molecule has 0 radical (unpaired) electrons. The third-order valence-corrected chi connectivity index (χ3v) is 5.32. The Hall–Kier alpha value is -2.60. The molecule has 27 heavy (non-hydrogen) atoms. The maximum atomic E-state index is 12.8. The second kappa shape index (κ2) is 8.86. The first kappa shape index (κ1) is 19.2. The van der Waals surface area contributed by atoms with E-state index in [2.05, 4.69) is 10.3 Å². The fourth-order valence-electron chi connectivity index (χ4n) is 2.82. The molecule has 1 atom stereocenters. The summed E-state index contributed by atoms with van der Waals surface area (Å²) < 4.78 is 0. The summed E-state index contributed by atoms with van der Waals surface area (Å²) in [6.45, 7) is 4.37. The van der Waals surface area contributed by atoms with E-state index in [-0.39, 0.29) is 24.3 Å². The van der Waals surface area contributed by atoms with Gasteiger partial charge in [0.2, 0.25) is 11.8 Å². The minimum atomic E-state index is -0.439. The molecule has 6 heteroatoms. The van der Waals surface area contributed by atoms with Crippen molar-refractivity contribution in [2.75, 3.05) is 0 Å². The summed E-state index contributed by atoms with van der Waals surface area (Å²) in [5.41, 5.74) is 1.83. The highest BCUT2D eigenvalue weighted by atomic mass is 32.2. The van der Waals surface area contributed by atoms with E-state index in [4.69, 9.17) is 0 Å². The van der Waals surface area contributed by atoms with E-state index in [9.17, 15) is 9.59 Å². The van der Waals surface area contributed by atoms with Crippen molar-refractivity contribution in [3.63, 3.8) is 0 Å². The second-order valence-corrected chi connectivity index (χ2v) is 7.77. The zero-order chi connectivity index (χ0) is 19.2. The first-order valence-corrected chi connectivity index (χ1v) is 9.86. The molecule has 5 nitrogen and oxygen atoms in total. The lowest BCUT2D eigenvalue weighted by Crippen LogP contribution is -2.38. The van der Waals surface area contributed by atoms with E-state index in [1.165, 1.54) is 11.8 Å². The molecule has 2 aromatic rings. The van der Waals surface area contributed by atoms with Crippen LogP contribution in [0.3, 0.4) is 0 Å². The quantitative estimate of drug-likeness (QED) is 0.829. The van der Waals surface area contributed by atoms with Crippen molar-refractivity contribution in [2.24, 2.45) is 4.99 Å². The molecule has 140 valence electrons. The fraction of sp³-hybridized carbons (Fsp3) is 0.286. The van der Waals surface area contributed by atoms with Gasteiger partial charge in [-0.25, -0.2) is 4.99 Å². The zero-order valence-corrected chi connectivity index (χ0v) is 16.3. The molecule has 1 heterocycles. The number of amidine groups is 1. The van der Waals surface area contributed by atoms with Crippen molar-refractivity contribution in [1.82, 2.24) is 10.2 Å². The van der Waals surface area contributed by atoms with E-state index in [1.807, 2.05) is 74.5 Å². The molecule has 0 bridgehead atoms. The molecule has 3 rings (SSSR count). The van der Waals surface area contributed by atoms with Gasteiger partial charge in [-0.05, 0) is 31.5 Å². The number of carbonyl (C=O) groups excluding carboxylic acids is 2. The Bertz CT molecular complexity index is 822. The number of nitrogens with zero attached hydrogens (tertiary/aromatic N) is 2. The summed E-state index contributed by atoms with van der Waals surface area (Å²) in [4.78, 5) is 31.4. The van der Waals surface area contributed by atoms with Crippen molar-refractivity contribution >= 4 is 34.4 Å². The smallest absolute Gasteiger partial charge is 0.242 e. The maximum absolute atomic E-state index is 12.8. The number of carbonyl (C=O) groups is 2. The first-order chi connectivity index (χ1) is 13.0. The Morgan fingerprint density at radius 3 is 2.37 bits per heavy atom. The normalized spacial score (nSPS) is 18.3.